The molecule has 1 aromatic rings. The Morgan fingerprint density at radius 2 is 1.93 bits per heavy atom. The highest BCUT2D eigenvalue weighted by Gasteiger charge is 2.38. The van der Waals surface area contributed by atoms with Gasteiger partial charge in [0.2, 0.25) is 5.91 Å². The van der Waals surface area contributed by atoms with Crippen molar-refractivity contribution in [2.45, 2.75) is 26.3 Å². The van der Waals surface area contributed by atoms with E-state index in [2.05, 4.69) is 19.2 Å². The first kappa shape index (κ1) is 20.9. The van der Waals surface area contributed by atoms with Crippen molar-refractivity contribution < 1.29 is 19.1 Å². The maximum atomic E-state index is 12.9. The molecule has 0 bridgehead atoms. The Kier molecular flexibility index (Phi) is 6.93. The van der Waals surface area contributed by atoms with Crippen molar-refractivity contribution in [3.63, 3.8) is 0 Å². The SMILES string of the molecule is COc1ccc(OC)c(CC(=O)N2C[C@@H](NC(=O)N(C)C)[C@H](C(C)C)C2)c1. The number of urea groups is 1. The molecule has 7 nitrogen and oxygen atoms in total. The quantitative estimate of drug-likeness (QED) is 0.823. The highest BCUT2D eigenvalue weighted by atomic mass is 16.5. The number of nitrogens with zero attached hydrogens (tertiary/aromatic N) is 2. The summed E-state index contributed by atoms with van der Waals surface area (Å²) in [4.78, 5) is 28.3. The van der Waals surface area contributed by atoms with E-state index in [0.717, 1.165) is 5.56 Å². The third kappa shape index (κ3) is 5.05. The molecule has 3 amide bonds. The minimum atomic E-state index is -0.130. The molecule has 1 aliphatic rings. The predicted octanol–water partition coefficient (Wildman–Crippen LogP) is 2.00. The Morgan fingerprint density at radius 1 is 1.22 bits per heavy atom. The van der Waals surface area contributed by atoms with Gasteiger partial charge in [-0.1, -0.05) is 13.8 Å². The number of benzene rings is 1. The van der Waals surface area contributed by atoms with E-state index in [1.165, 1.54) is 4.90 Å². The van der Waals surface area contributed by atoms with Gasteiger partial charge in [-0.3, -0.25) is 4.79 Å². The number of carbonyl (C=O) groups is 2. The summed E-state index contributed by atoms with van der Waals surface area (Å²) in [5.74, 6) is 1.97. The Labute approximate surface area is 161 Å². The van der Waals surface area contributed by atoms with Gasteiger partial charge in [0.05, 0.1) is 26.7 Å². The molecule has 1 saturated heterocycles. The monoisotopic (exact) mass is 377 g/mol. The average molecular weight is 377 g/mol. The summed E-state index contributed by atoms with van der Waals surface area (Å²) in [6.07, 6.45) is 0.236. The standard InChI is InChI=1S/C20H31N3O4/c1-13(2)16-11-23(12-17(16)21-20(25)22(3)4)19(24)10-14-9-15(26-5)7-8-18(14)27-6/h7-9,13,16-17H,10-12H2,1-6H3,(H,21,25)/t16-,17+/m0/s1. The summed E-state index contributed by atoms with van der Waals surface area (Å²) in [6, 6.07) is 5.27. The van der Waals surface area contributed by atoms with Crippen molar-refractivity contribution in [1.29, 1.82) is 0 Å². The summed E-state index contributed by atoms with van der Waals surface area (Å²) < 4.78 is 10.6. The molecule has 0 saturated carbocycles. The van der Waals surface area contributed by atoms with Gasteiger partial charge in [0.15, 0.2) is 0 Å². The second kappa shape index (κ2) is 8.97. The third-order valence-electron chi connectivity index (χ3n) is 5.12. The Hall–Kier alpha value is -2.44. The van der Waals surface area contributed by atoms with Crippen molar-refractivity contribution >= 4 is 11.9 Å². The molecular weight excluding hydrogens is 346 g/mol. The van der Waals surface area contributed by atoms with Gasteiger partial charge in [-0.15, -0.1) is 0 Å². The minimum absolute atomic E-state index is 0.0220. The molecule has 1 fully saturated rings. The van der Waals surface area contributed by atoms with Gasteiger partial charge in [0.25, 0.3) is 0 Å². The van der Waals surface area contributed by atoms with Crippen LogP contribution in [-0.4, -0.2) is 69.2 Å². The summed E-state index contributed by atoms with van der Waals surface area (Å²) in [7, 11) is 6.62. The van der Waals surface area contributed by atoms with Crippen molar-refractivity contribution in [2.24, 2.45) is 11.8 Å². The van der Waals surface area contributed by atoms with Crippen LogP contribution in [0.2, 0.25) is 0 Å². The molecule has 1 aliphatic heterocycles. The molecule has 0 spiro atoms. The first-order valence-corrected chi connectivity index (χ1v) is 9.23. The maximum Gasteiger partial charge on any atom is 0.317 e. The molecule has 7 heteroatoms. The first-order chi connectivity index (χ1) is 12.8. The van der Waals surface area contributed by atoms with Crippen LogP contribution in [0.5, 0.6) is 11.5 Å². The van der Waals surface area contributed by atoms with Crippen molar-refractivity contribution in [3.05, 3.63) is 23.8 Å². The first-order valence-electron chi connectivity index (χ1n) is 9.23. The van der Waals surface area contributed by atoms with Crippen LogP contribution < -0.4 is 14.8 Å². The van der Waals surface area contributed by atoms with Crippen LogP contribution in [0.1, 0.15) is 19.4 Å². The molecule has 0 unspecified atom stereocenters. The normalized spacial score (nSPS) is 19.1. The lowest BCUT2D eigenvalue weighted by atomic mass is 9.91. The number of likely N-dealkylation sites (tertiary alicyclic amines) is 1. The highest BCUT2D eigenvalue weighted by Crippen LogP contribution is 2.28. The summed E-state index contributed by atoms with van der Waals surface area (Å²) in [5.41, 5.74) is 0.795. The summed E-state index contributed by atoms with van der Waals surface area (Å²) in [5, 5.41) is 3.05. The number of nitrogens with one attached hydrogen (secondary N) is 1. The Bertz CT molecular complexity index is 675. The molecular formula is C20H31N3O4. The molecule has 1 aromatic carbocycles. The van der Waals surface area contributed by atoms with E-state index in [-0.39, 0.29) is 30.3 Å². The third-order valence-corrected chi connectivity index (χ3v) is 5.12. The van der Waals surface area contributed by atoms with Gasteiger partial charge < -0.3 is 24.6 Å². The fraction of sp³-hybridized carbons (Fsp3) is 0.600. The Morgan fingerprint density at radius 3 is 2.48 bits per heavy atom. The molecule has 0 aromatic heterocycles. The molecule has 1 heterocycles. The van der Waals surface area contributed by atoms with E-state index in [4.69, 9.17) is 9.47 Å². The number of carbonyl (C=O) groups excluding carboxylic acids is 2. The molecule has 1 N–H and O–H groups in total. The van der Waals surface area contributed by atoms with Gasteiger partial charge in [-0.2, -0.15) is 0 Å². The molecule has 0 aliphatic carbocycles. The van der Waals surface area contributed by atoms with Crippen molar-refractivity contribution in [2.75, 3.05) is 41.4 Å². The number of hydrogen-bond acceptors (Lipinski definition) is 4. The van der Waals surface area contributed by atoms with E-state index in [0.29, 0.717) is 30.5 Å². The lowest BCUT2D eigenvalue weighted by molar-refractivity contribution is -0.129. The van der Waals surface area contributed by atoms with Gasteiger partial charge in [0, 0.05) is 38.7 Å². The van der Waals surface area contributed by atoms with Crippen LogP contribution >= 0.6 is 0 Å². The summed E-state index contributed by atoms with van der Waals surface area (Å²) in [6.45, 7) is 5.41. The average Bonchev–Trinajstić information content (AvgIpc) is 3.05. The number of amides is 3. The molecule has 0 radical (unpaired) electrons. The van der Waals surface area contributed by atoms with E-state index in [1.807, 2.05) is 23.1 Å². The Balaban J connectivity index is 2.11. The molecule has 150 valence electrons. The number of hydrogen-bond donors (Lipinski definition) is 1. The van der Waals surface area contributed by atoms with E-state index < -0.39 is 0 Å². The van der Waals surface area contributed by atoms with Gasteiger partial charge in [0.1, 0.15) is 11.5 Å². The van der Waals surface area contributed by atoms with E-state index >= 15 is 0 Å². The van der Waals surface area contributed by atoms with Crippen LogP contribution in [-0.2, 0) is 11.2 Å². The van der Waals surface area contributed by atoms with Crippen molar-refractivity contribution in [1.82, 2.24) is 15.1 Å². The van der Waals surface area contributed by atoms with Crippen LogP contribution in [0, 0.1) is 11.8 Å². The van der Waals surface area contributed by atoms with Crippen LogP contribution in [0.25, 0.3) is 0 Å². The van der Waals surface area contributed by atoms with E-state index in [9.17, 15) is 9.59 Å². The van der Waals surface area contributed by atoms with Gasteiger partial charge in [-0.05, 0) is 24.1 Å². The number of ether oxygens (including phenoxy) is 2. The van der Waals surface area contributed by atoms with Crippen LogP contribution in [0.3, 0.4) is 0 Å². The minimum Gasteiger partial charge on any atom is -0.497 e. The van der Waals surface area contributed by atoms with E-state index in [1.54, 1.807) is 28.3 Å². The molecule has 27 heavy (non-hydrogen) atoms. The number of methoxy groups -OCH3 is 2. The fourth-order valence-corrected chi connectivity index (χ4v) is 3.44. The van der Waals surface area contributed by atoms with Crippen LogP contribution in [0.4, 0.5) is 4.79 Å². The zero-order valence-corrected chi connectivity index (χ0v) is 17.1. The second-order valence-corrected chi connectivity index (χ2v) is 7.51. The lowest BCUT2D eigenvalue weighted by Crippen LogP contribution is -2.46. The predicted molar refractivity (Wildman–Crippen MR) is 104 cm³/mol. The topological polar surface area (TPSA) is 71.1 Å². The second-order valence-electron chi connectivity index (χ2n) is 7.51. The molecule has 2 atom stereocenters. The van der Waals surface area contributed by atoms with Gasteiger partial charge in [-0.25, -0.2) is 4.79 Å². The fourth-order valence-electron chi connectivity index (χ4n) is 3.44. The zero-order chi connectivity index (χ0) is 20.1. The maximum absolute atomic E-state index is 12.9. The largest absolute Gasteiger partial charge is 0.497 e. The number of rotatable bonds is 6. The summed E-state index contributed by atoms with van der Waals surface area (Å²) >= 11 is 0. The molecule has 2 rings (SSSR count). The van der Waals surface area contributed by atoms with Gasteiger partial charge >= 0.3 is 6.03 Å². The lowest BCUT2D eigenvalue weighted by Gasteiger charge is -2.24. The van der Waals surface area contributed by atoms with Crippen LogP contribution in [0.15, 0.2) is 18.2 Å². The van der Waals surface area contributed by atoms with Crippen molar-refractivity contribution in [3.8, 4) is 11.5 Å². The highest BCUT2D eigenvalue weighted by molar-refractivity contribution is 5.80. The zero-order valence-electron chi connectivity index (χ0n) is 17.1. The smallest absolute Gasteiger partial charge is 0.317 e.